The van der Waals surface area contributed by atoms with E-state index in [1.54, 1.807) is 11.3 Å². The molecule has 2 unspecified atom stereocenters. The first-order valence-electron chi connectivity index (χ1n) is 6.29. The molecular weight excluding hydrogens is 312 g/mol. The van der Waals surface area contributed by atoms with Gasteiger partial charge >= 0.3 is 0 Å². The number of nitrogens with two attached hydrogens (primary N) is 1. The van der Waals surface area contributed by atoms with Crippen LogP contribution in [-0.2, 0) is 11.3 Å². The summed E-state index contributed by atoms with van der Waals surface area (Å²) in [5.74, 6) is 0.0463. The SMILES string of the molecule is CC1(N)CCCCC1C(=O)NCc1sccc1Br. The fraction of sp³-hybridized carbons (Fsp3) is 0.615. The summed E-state index contributed by atoms with van der Waals surface area (Å²) in [7, 11) is 0. The average Bonchev–Trinajstić information content (AvgIpc) is 2.71. The molecular formula is C13H19BrN2OS. The molecule has 0 saturated heterocycles. The van der Waals surface area contributed by atoms with Crippen molar-refractivity contribution in [1.82, 2.24) is 5.32 Å². The molecule has 3 nitrogen and oxygen atoms in total. The van der Waals surface area contributed by atoms with Crippen molar-refractivity contribution in [2.75, 3.05) is 0 Å². The maximum absolute atomic E-state index is 12.2. The number of hydrogen-bond donors (Lipinski definition) is 2. The third-order valence-corrected chi connectivity index (χ3v) is 5.61. The number of amides is 1. The highest BCUT2D eigenvalue weighted by atomic mass is 79.9. The summed E-state index contributed by atoms with van der Waals surface area (Å²) in [5.41, 5.74) is 5.88. The molecule has 0 aliphatic heterocycles. The maximum atomic E-state index is 12.2. The lowest BCUT2D eigenvalue weighted by Gasteiger charge is -2.37. The van der Waals surface area contributed by atoms with Gasteiger partial charge in [-0.1, -0.05) is 12.8 Å². The molecule has 5 heteroatoms. The van der Waals surface area contributed by atoms with E-state index in [0.29, 0.717) is 6.54 Å². The number of hydrogen-bond acceptors (Lipinski definition) is 3. The summed E-state index contributed by atoms with van der Waals surface area (Å²) in [6.45, 7) is 2.58. The number of carbonyl (C=O) groups excluding carboxylic acids is 1. The standard InChI is InChI=1S/C13H19BrN2OS/c1-13(15)6-3-2-4-9(13)12(17)16-8-11-10(14)5-7-18-11/h5,7,9H,2-4,6,8,15H2,1H3,(H,16,17). The van der Waals surface area contributed by atoms with Crippen LogP contribution in [0.3, 0.4) is 0 Å². The van der Waals surface area contributed by atoms with E-state index >= 15 is 0 Å². The molecule has 1 aliphatic rings. The Bertz CT molecular complexity index is 430. The van der Waals surface area contributed by atoms with Gasteiger partial charge < -0.3 is 11.1 Å². The van der Waals surface area contributed by atoms with Crippen LogP contribution in [0.1, 0.15) is 37.5 Å². The van der Waals surface area contributed by atoms with Gasteiger partial charge in [-0.25, -0.2) is 0 Å². The van der Waals surface area contributed by atoms with Crippen LogP contribution < -0.4 is 11.1 Å². The van der Waals surface area contributed by atoms with Gasteiger partial charge in [0.2, 0.25) is 5.91 Å². The van der Waals surface area contributed by atoms with Crippen LogP contribution in [0.15, 0.2) is 15.9 Å². The van der Waals surface area contributed by atoms with Crippen molar-refractivity contribution in [2.45, 2.75) is 44.7 Å². The first-order valence-corrected chi connectivity index (χ1v) is 7.96. The summed E-state index contributed by atoms with van der Waals surface area (Å²) >= 11 is 5.11. The lowest BCUT2D eigenvalue weighted by molar-refractivity contribution is -0.128. The van der Waals surface area contributed by atoms with Crippen LogP contribution in [0, 0.1) is 5.92 Å². The van der Waals surface area contributed by atoms with Crippen molar-refractivity contribution in [1.29, 1.82) is 0 Å². The monoisotopic (exact) mass is 330 g/mol. The van der Waals surface area contributed by atoms with Gasteiger partial charge in [0.25, 0.3) is 0 Å². The van der Waals surface area contributed by atoms with E-state index in [-0.39, 0.29) is 17.4 Å². The molecule has 0 spiro atoms. The Labute approximate surface area is 120 Å². The Morgan fingerprint density at radius 1 is 1.67 bits per heavy atom. The Morgan fingerprint density at radius 2 is 2.44 bits per heavy atom. The van der Waals surface area contributed by atoms with Crippen LogP contribution in [-0.4, -0.2) is 11.4 Å². The number of halogens is 1. The lowest BCUT2D eigenvalue weighted by atomic mass is 9.74. The molecule has 0 radical (unpaired) electrons. The summed E-state index contributed by atoms with van der Waals surface area (Å²) in [6.07, 6.45) is 4.08. The average molecular weight is 331 g/mol. The maximum Gasteiger partial charge on any atom is 0.225 e. The van der Waals surface area contributed by atoms with Crippen molar-refractivity contribution in [2.24, 2.45) is 11.7 Å². The number of nitrogens with one attached hydrogen (secondary N) is 1. The Hall–Kier alpha value is -0.390. The highest BCUT2D eigenvalue weighted by Crippen LogP contribution is 2.32. The minimum Gasteiger partial charge on any atom is -0.351 e. The van der Waals surface area contributed by atoms with Gasteiger partial charge in [-0.05, 0) is 47.1 Å². The number of rotatable bonds is 3. The molecule has 2 atom stereocenters. The molecule has 1 amide bonds. The Balaban J connectivity index is 1.93. The summed E-state index contributed by atoms with van der Waals surface area (Å²) < 4.78 is 1.06. The normalized spacial score (nSPS) is 28.1. The molecule has 0 aromatic carbocycles. The van der Waals surface area contributed by atoms with Crippen molar-refractivity contribution in [3.63, 3.8) is 0 Å². The number of carbonyl (C=O) groups is 1. The molecule has 100 valence electrons. The smallest absolute Gasteiger partial charge is 0.225 e. The van der Waals surface area contributed by atoms with Crippen LogP contribution in [0.2, 0.25) is 0 Å². The zero-order valence-corrected chi connectivity index (χ0v) is 12.9. The molecule has 18 heavy (non-hydrogen) atoms. The van der Waals surface area contributed by atoms with Crippen molar-refractivity contribution in [3.05, 3.63) is 20.8 Å². The largest absolute Gasteiger partial charge is 0.351 e. The molecule has 1 aromatic rings. The van der Waals surface area contributed by atoms with Gasteiger partial charge in [-0.15, -0.1) is 11.3 Å². The van der Waals surface area contributed by atoms with E-state index in [1.807, 2.05) is 18.4 Å². The first-order chi connectivity index (χ1) is 8.50. The van der Waals surface area contributed by atoms with Gasteiger partial charge in [0.05, 0.1) is 12.5 Å². The molecule has 1 heterocycles. The minimum absolute atomic E-state index is 0.0509. The van der Waals surface area contributed by atoms with Gasteiger partial charge in [0.15, 0.2) is 0 Å². The summed E-state index contributed by atoms with van der Waals surface area (Å²) in [5, 5.41) is 5.03. The third kappa shape index (κ3) is 3.13. The Morgan fingerprint density at radius 3 is 3.06 bits per heavy atom. The Kier molecular flexibility index (Phi) is 4.45. The third-order valence-electron chi connectivity index (χ3n) is 3.69. The highest BCUT2D eigenvalue weighted by molar-refractivity contribution is 9.10. The van der Waals surface area contributed by atoms with Gasteiger partial charge in [-0.2, -0.15) is 0 Å². The van der Waals surface area contributed by atoms with E-state index in [0.717, 1.165) is 35.0 Å². The predicted molar refractivity (Wildman–Crippen MR) is 78.4 cm³/mol. The fourth-order valence-corrected chi connectivity index (χ4v) is 3.96. The molecule has 3 N–H and O–H groups in total. The summed E-state index contributed by atoms with van der Waals surface area (Å²) in [4.78, 5) is 13.4. The topological polar surface area (TPSA) is 55.1 Å². The number of thiophene rings is 1. The van der Waals surface area contributed by atoms with Crippen molar-refractivity contribution in [3.8, 4) is 0 Å². The minimum atomic E-state index is -0.352. The molecule has 2 rings (SSSR count). The molecule has 1 aromatic heterocycles. The van der Waals surface area contributed by atoms with Crippen molar-refractivity contribution >= 4 is 33.2 Å². The van der Waals surface area contributed by atoms with Crippen molar-refractivity contribution < 1.29 is 4.79 Å². The highest BCUT2D eigenvalue weighted by Gasteiger charge is 2.37. The zero-order valence-electron chi connectivity index (χ0n) is 10.5. The second-order valence-corrected chi connectivity index (χ2v) is 7.07. The summed E-state index contributed by atoms with van der Waals surface area (Å²) in [6, 6.07) is 2.00. The molecule has 0 bridgehead atoms. The van der Waals surface area contributed by atoms with E-state index in [9.17, 15) is 4.79 Å². The van der Waals surface area contributed by atoms with Crippen LogP contribution in [0.5, 0.6) is 0 Å². The predicted octanol–water partition coefficient (Wildman–Crippen LogP) is 3.03. The van der Waals surface area contributed by atoms with E-state index in [4.69, 9.17) is 5.73 Å². The fourth-order valence-electron chi connectivity index (χ4n) is 2.53. The van der Waals surface area contributed by atoms with Crippen LogP contribution in [0.4, 0.5) is 0 Å². The van der Waals surface area contributed by atoms with E-state index in [1.165, 1.54) is 0 Å². The van der Waals surface area contributed by atoms with Gasteiger partial charge in [-0.3, -0.25) is 4.79 Å². The second-order valence-electron chi connectivity index (χ2n) is 5.21. The van der Waals surface area contributed by atoms with E-state index < -0.39 is 0 Å². The molecule has 1 aliphatic carbocycles. The van der Waals surface area contributed by atoms with Crippen LogP contribution in [0.25, 0.3) is 0 Å². The van der Waals surface area contributed by atoms with Crippen LogP contribution >= 0.6 is 27.3 Å². The zero-order chi connectivity index (χ0) is 13.2. The first kappa shape index (κ1) is 14.0. The van der Waals surface area contributed by atoms with E-state index in [2.05, 4.69) is 21.2 Å². The molecule has 1 saturated carbocycles. The van der Waals surface area contributed by atoms with Gasteiger partial charge in [0.1, 0.15) is 0 Å². The second kappa shape index (κ2) is 5.72. The lowest BCUT2D eigenvalue weighted by Crippen LogP contribution is -2.52. The van der Waals surface area contributed by atoms with Gasteiger partial charge in [0, 0.05) is 14.9 Å². The quantitative estimate of drug-likeness (QED) is 0.894. The molecule has 1 fully saturated rings.